The van der Waals surface area contributed by atoms with Crippen molar-refractivity contribution >= 4 is 11.6 Å². The number of halogens is 1. The number of carbonyl (C=O) groups excluding carboxylic acids is 1. The van der Waals surface area contributed by atoms with Crippen molar-refractivity contribution < 1.29 is 14.0 Å². The second-order valence-electron chi connectivity index (χ2n) is 7.30. The quantitative estimate of drug-likeness (QED) is 0.727. The van der Waals surface area contributed by atoms with E-state index >= 15 is 0 Å². The van der Waals surface area contributed by atoms with Gasteiger partial charge in [0.25, 0.3) is 0 Å². The highest BCUT2D eigenvalue weighted by atomic mass is 19.1. The SMILES string of the molecule is CC(C)CC(=O)N(Cc1ccccc1F)C[C@H]1CC(c2ccccc2)=NO1. The van der Waals surface area contributed by atoms with Crippen LogP contribution in [0.3, 0.4) is 0 Å². The van der Waals surface area contributed by atoms with Gasteiger partial charge < -0.3 is 9.74 Å². The Morgan fingerprint density at radius 3 is 2.59 bits per heavy atom. The summed E-state index contributed by atoms with van der Waals surface area (Å²) in [7, 11) is 0. The van der Waals surface area contributed by atoms with E-state index in [0.29, 0.717) is 24.9 Å². The normalized spacial score (nSPS) is 16.1. The lowest BCUT2D eigenvalue weighted by molar-refractivity contribution is -0.134. The summed E-state index contributed by atoms with van der Waals surface area (Å²) in [5.74, 6) is -0.0559. The summed E-state index contributed by atoms with van der Waals surface area (Å²) >= 11 is 0. The molecule has 3 rings (SSSR count). The van der Waals surface area contributed by atoms with Gasteiger partial charge >= 0.3 is 0 Å². The summed E-state index contributed by atoms with van der Waals surface area (Å²) < 4.78 is 14.1. The maximum Gasteiger partial charge on any atom is 0.223 e. The van der Waals surface area contributed by atoms with Gasteiger partial charge in [-0.05, 0) is 17.5 Å². The molecule has 0 aromatic heterocycles. The molecule has 27 heavy (non-hydrogen) atoms. The number of hydrogen-bond acceptors (Lipinski definition) is 3. The minimum absolute atomic E-state index is 0.00464. The van der Waals surface area contributed by atoms with E-state index in [1.54, 1.807) is 23.1 Å². The molecule has 142 valence electrons. The third-order valence-electron chi connectivity index (χ3n) is 4.52. The Morgan fingerprint density at radius 1 is 1.19 bits per heavy atom. The van der Waals surface area contributed by atoms with E-state index in [4.69, 9.17) is 4.84 Å². The zero-order valence-electron chi connectivity index (χ0n) is 15.8. The Kier molecular flexibility index (Phi) is 6.22. The van der Waals surface area contributed by atoms with Gasteiger partial charge in [0.2, 0.25) is 5.91 Å². The van der Waals surface area contributed by atoms with E-state index in [1.807, 2.05) is 44.2 Å². The molecule has 2 aromatic rings. The van der Waals surface area contributed by atoms with Crippen LogP contribution in [0.25, 0.3) is 0 Å². The molecule has 0 radical (unpaired) electrons. The molecule has 1 aliphatic rings. The van der Waals surface area contributed by atoms with Crippen molar-refractivity contribution in [1.82, 2.24) is 4.90 Å². The van der Waals surface area contributed by atoms with Crippen molar-refractivity contribution in [3.05, 3.63) is 71.5 Å². The molecule has 0 bridgehead atoms. The van der Waals surface area contributed by atoms with Crippen LogP contribution in [0, 0.1) is 11.7 Å². The van der Waals surface area contributed by atoms with Crippen molar-refractivity contribution in [2.75, 3.05) is 6.54 Å². The first-order chi connectivity index (χ1) is 13.0. The minimum Gasteiger partial charge on any atom is -0.390 e. The Morgan fingerprint density at radius 2 is 1.89 bits per heavy atom. The van der Waals surface area contributed by atoms with Crippen LogP contribution in [0.5, 0.6) is 0 Å². The zero-order valence-corrected chi connectivity index (χ0v) is 15.8. The predicted octanol–water partition coefficient (Wildman–Crippen LogP) is 4.39. The van der Waals surface area contributed by atoms with Gasteiger partial charge in [0.1, 0.15) is 5.82 Å². The first-order valence-corrected chi connectivity index (χ1v) is 9.32. The van der Waals surface area contributed by atoms with Crippen molar-refractivity contribution in [1.29, 1.82) is 0 Å². The molecule has 1 heterocycles. The molecule has 2 aromatic carbocycles. The average molecular weight is 368 g/mol. The fourth-order valence-electron chi connectivity index (χ4n) is 3.14. The summed E-state index contributed by atoms with van der Waals surface area (Å²) in [6, 6.07) is 16.4. The van der Waals surface area contributed by atoms with Crippen molar-refractivity contribution in [3.63, 3.8) is 0 Å². The lowest BCUT2D eigenvalue weighted by Crippen LogP contribution is -2.38. The molecule has 5 heteroatoms. The first-order valence-electron chi connectivity index (χ1n) is 9.32. The van der Waals surface area contributed by atoms with Crippen molar-refractivity contribution in [3.8, 4) is 0 Å². The first kappa shape index (κ1) is 19.1. The van der Waals surface area contributed by atoms with Gasteiger partial charge in [0.05, 0.1) is 12.3 Å². The van der Waals surface area contributed by atoms with Gasteiger partial charge in [0.15, 0.2) is 6.10 Å². The van der Waals surface area contributed by atoms with E-state index in [0.717, 1.165) is 11.3 Å². The van der Waals surface area contributed by atoms with Gasteiger partial charge in [-0.2, -0.15) is 0 Å². The molecule has 0 N–H and O–H groups in total. The Bertz CT molecular complexity index is 805. The lowest BCUT2D eigenvalue weighted by atomic mass is 10.0. The summed E-state index contributed by atoms with van der Waals surface area (Å²) in [4.78, 5) is 20.0. The van der Waals surface area contributed by atoms with Gasteiger partial charge in [-0.3, -0.25) is 4.79 Å². The predicted molar refractivity (Wildman–Crippen MR) is 104 cm³/mol. The average Bonchev–Trinajstić information content (AvgIpc) is 3.12. The monoisotopic (exact) mass is 368 g/mol. The highest BCUT2D eigenvalue weighted by Crippen LogP contribution is 2.20. The Hall–Kier alpha value is -2.69. The fraction of sp³-hybridized carbons (Fsp3) is 0.364. The molecule has 4 nitrogen and oxygen atoms in total. The minimum atomic E-state index is -0.298. The van der Waals surface area contributed by atoms with Crippen LogP contribution in [0.2, 0.25) is 0 Å². The van der Waals surface area contributed by atoms with Crippen LogP contribution >= 0.6 is 0 Å². The summed E-state index contributed by atoms with van der Waals surface area (Å²) in [5.41, 5.74) is 2.41. The number of hydrogen-bond donors (Lipinski definition) is 0. The van der Waals surface area contributed by atoms with Crippen molar-refractivity contribution in [2.45, 2.75) is 39.3 Å². The van der Waals surface area contributed by atoms with Crippen LogP contribution < -0.4 is 0 Å². The van der Waals surface area contributed by atoms with Gasteiger partial charge in [-0.15, -0.1) is 0 Å². The Labute approximate surface area is 159 Å². The Balaban J connectivity index is 1.68. The summed E-state index contributed by atoms with van der Waals surface area (Å²) in [6.45, 7) is 4.63. The van der Waals surface area contributed by atoms with E-state index < -0.39 is 0 Å². The third kappa shape index (κ3) is 5.16. The maximum atomic E-state index is 14.1. The number of benzene rings is 2. The van der Waals surface area contributed by atoms with Gasteiger partial charge in [-0.1, -0.05) is 67.5 Å². The van der Waals surface area contributed by atoms with Crippen LogP contribution in [-0.2, 0) is 16.2 Å². The molecule has 0 aliphatic carbocycles. The van der Waals surface area contributed by atoms with E-state index in [9.17, 15) is 9.18 Å². The van der Waals surface area contributed by atoms with Gasteiger partial charge in [0, 0.05) is 24.9 Å². The second-order valence-corrected chi connectivity index (χ2v) is 7.30. The molecule has 1 aliphatic heterocycles. The van der Waals surface area contributed by atoms with E-state index in [2.05, 4.69) is 5.16 Å². The number of nitrogens with zero attached hydrogens (tertiary/aromatic N) is 2. The molecule has 1 amide bonds. The molecule has 0 unspecified atom stereocenters. The largest absolute Gasteiger partial charge is 0.390 e. The van der Waals surface area contributed by atoms with Crippen LogP contribution in [0.15, 0.2) is 59.8 Å². The number of oxime groups is 1. The number of carbonyl (C=O) groups is 1. The van der Waals surface area contributed by atoms with Crippen LogP contribution in [0.4, 0.5) is 4.39 Å². The molecule has 0 saturated heterocycles. The van der Waals surface area contributed by atoms with Crippen molar-refractivity contribution in [2.24, 2.45) is 11.1 Å². The maximum absolute atomic E-state index is 14.1. The highest BCUT2D eigenvalue weighted by Gasteiger charge is 2.27. The van der Waals surface area contributed by atoms with Crippen LogP contribution in [0.1, 0.15) is 37.8 Å². The molecular formula is C22H25FN2O2. The number of amides is 1. The number of rotatable bonds is 7. The molecule has 1 atom stereocenters. The second kappa shape index (κ2) is 8.80. The molecule has 0 saturated carbocycles. The van der Waals surface area contributed by atoms with E-state index in [-0.39, 0.29) is 30.3 Å². The standard InChI is InChI=1S/C22H25FN2O2/c1-16(2)12-22(26)25(14-18-10-6-7-11-20(18)23)15-19-13-21(24-27-19)17-8-4-3-5-9-17/h3-11,16,19H,12-15H2,1-2H3/t19-/m1/s1. The topological polar surface area (TPSA) is 41.9 Å². The van der Waals surface area contributed by atoms with Gasteiger partial charge in [-0.25, -0.2) is 4.39 Å². The smallest absolute Gasteiger partial charge is 0.223 e. The summed E-state index contributed by atoms with van der Waals surface area (Å²) in [6.07, 6.45) is 0.837. The molecule has 0 spiro atoms. The lowest BCUT2D eigenvalue weighted by Gasteiger charge is -2.26. The van der Waals surface area contributed by atoms with E-state index in [1.165, 1.54) is 6.07 Å². The third-order valence-corrected chi connectivity index (χ3v) is 4.52. The highest BCUT2D eigenvalue weighted by molar-refractivity contribution is 6.01. The fourth-order valence-corrected chi connectivity index (χ4v) is 3.14. The molecule has 0 fully saturated rings. The van der Waals surface area contributed by atoms with Crippen LogP contribution in [-0.4, -0.2) is 29.2 Å². The summed E-state index contributed by atoms with van der Waals surface area (Å²) in [5, 5.41) is 4.19. The zero-order chi connectivity index (χ0) is 19.2. The molecular weight excluding hydrogens is 343 g/mol.